The van der Waals surface area contributed by atoms with Crippen molar-refractivity contribution in [3.63, 3.8) is 0 Å². The number of benzene rings is 1. The summed E-state index contributed by atoms with van der Waals surface area (Å²) in [4.78, 5) is 8.09. The van der Waals surface area contributed by atoms with Gasteiger partial charge >= 0.3 is 0 Å². The molecule has 3 aromatic rings. The third kappa shape index (κ3) is 1.48. The molecule has 5 nitrogen and oxygen atoms in total. The predicted octanol–water partition coefficient (Wildman–Crippen LogP) is 2.36. The Morgan fingerprint density at radius 1 is 1.06 bits per heavy atom. The van der Waals surface area contributed by atoms with Gasteiger partial charge in [0, 0.05) is 11.3 Å². The van der Waals surface area contributed by atoms with Gasteiger partial charge in [-0.2, -0.15) is 0 Å². The minimum Gasteiger partial charge on any atom is -0.442 e. The van der Waals surface area contributed by atoms with E-state index in [1.807, 2.05) is 31.2 Å². The fraction of sp³-hybridized carbons (Fsp3) is 0.0769. The molecule has 1 aromatic carbocycles. The van der Waals surface area contributed by atoms with Gasteiger partial charge in [-0.3, -0.25) is 0 Å². The molecule has 0 aliphatic carbocycles. The average molecular weight is 240 g/mol. The van der Waals surface area contributed by atoms with Gasteiger partial charge in [0.25, 0.3) is 0 Å². The van der Waals surface area contributed by atoms with Gasteiger partial charge < -0.3 is 15.9 Å². The molecule has 0 aliphatic heterocycles. The Morgan fingerprint density at radius 3 is 2.50 bits per heavy atom. The number of nitrogen functional groups attached to an aromatic ring is 2. The molecule has 0 aliphatic rings. The zero-order valence-corrected chi connectivity index (χ0v) is 9.84. The molecule has 5 heteroatoms. The second-order valence-corrected chi connectivity index (χ2v) is 4.09. The van der Waals surface area contributed by atoms with Crippen LogP contribution in [0.1, 0.15) is 5.76 Å². The van der Waals surface area contributed by atoms with Crippen molar-refractivity contribution >= 4 is 22.6 Å². The Morgan fingerprint density at radius 2 is 1.78 bits per heavy atom. The monoisotopic (exact) mass is 240 g/mol. The zero-order chi connectivity index (χ0) is 12.7. The summed E-state index contributed by atoms with van der Waals surface area (Å²) in [6, 6.07) is 7.54. The molecule has 0 unspecified atom stereocenters. The Labute approximate surface area is 103 Å². The fourth-order valence-electron chi connectivity index (χ4n) is 2.06. The van der Waals surface area contributed by atoms with Crippen molar-refractivity contribution in [3.8, 4) is 11.1 Å². The Kier molecular flexibility index (Phi) is 2.19. The van der Waals surface area contributed by atoms with Crippen LogP contribution in [0.25, 0.3) is 22.2 Å². The summed E-state index contributed by atoms with van der Waals surface area (Å²) >= 11 is 0. The van der Waals surface area contributed by atoms with Crippen molar-refractivity contribution in [3.05, 3.63) is 36.4 Å². The highest BCUT2D eigenvalue weighted by molar-refractivity contribution is 6.00. The second-order valence-electron chi connectivity index (χ2n) is 4.09. The number of aromatic nitrogens is 2. The van der Waals surface area contributed by atoms with Crippen LogP contribution < -0.4 is 11.5 Å². The van der Waals surface area contributed by atoms with E-state index in [-0.39, 0.29) is 0 Å². The highest BCUT2D eigenvalue weighted by atomic mass is 16.3. The first kappa shape index (κ1) is 10.6. The first-order valence-corrected chi connectivity index (χ1v) is 5.52. The van der Waals surface area contributed by atoms with E-state index in [9.17, 15) is 0 Å². The molecule has 0 saturated carbocycles. The summed E-state index contributed by atoms with van der Waals surface area (Å²) in [5.74, 6) is 1.19. The maximum Gasteiger partial charge on any atom is 0.232 e. The van der Waals surface area contributed by atoms with Gasteiger partial charge in [-0.05, 0) is 24.6 Å². The lowest BCUT2D eigenvalue weighted by molar-refractivity contribution is 0.568. The highest BCUT2D eigenvalue weighted by Crippen LogP contribution is 2.35. The zero-order valence-electron chi connectivity index (χ0n) is 9.84. The van der Waals surface area contributed by atoms with E-state index >= 15 is 0 Å². The van der Waals surface area contributed by atoms with E-state index < -0.39 is 0 Å². The molecule has 2 aromatic heterocycles. The molecule has 0 atom stereocenters. The number of furan rings is 1. The third-order valence-electron chi connectivity index (χ3n) is 2.89. The Balaban J connectivity index is 2.34. The maximum absolute atomic E-state index is 5.90. The minimum atomic E-state index is 0.420. The second kappa shape index (κ2) is 3.73. The van der Waals surface area contributed by atoms with Gasteiger partial charge in [0.2, 0.25) is 5.71 Å². The van der Waals surface area contributed by atoms with Gasteiger partial charge in [-0.25, -0.2) is 9.97 Å². The van der Waals surface area contributed by atoms with Crippen LogP contribution in [0.4, 0.5) is 11.5 Å². The number of nitrogens with zero attached hydrogens (tertiary/aromatic N) is 2. The van der Waals surface area contributed by atoms with Gasteiger partial charge in [0.1, 0.15) is 17.9 Å². The molecule has 0 amide bonds. The Bertz CT molecular complexity index is 716. The van der Waals surface area contributed by atoms with Gasteiger partial charge in [-0.15, -0.1) is 0 Å². The summed E-state index contributed by atoms with van der Waals surface area (Å²) in [6.07, 6.45) is 1.40. The first-order valence-electron chi connectivity index (χ1n) is 5.52. The summed E-state index contributed by atoms with van der Waals surface area (Å²) in [6.45, 7) is 1.88. The molecule has 0 radical (unpaired) electrons. The van der Waals surface area contributed by atoms with E-state index in [0.29, 0.717) is 17.2 Å². The number of rotatable bonds is 1. The van der Waals surface area contributed by atoms with E-state index in [0.717, 1.165) is 22.3 Å². The van der Waals surface area contributed by atoms with Crippen LogP contribution in [0.3, 0.4) is 0 Å². The molecule has 2 heterocycles. The van der Waals surface area contributed by atoms with Crippen molar-refractivity contribution in [1.29, 1.82) is 0 Å². The van der Waals surface area contributed by atoms with Crippen LogP contribution in [-0.4, -0.2) is 9.97 Å². The molecule has 3 rings (SSSR count). The van der Waals surface area contributed by atoms with Gasteiger partial charge in [-0.1, -0.05) is 12.1 Å². The fourth-order valence-corrected chi connectivity index (χ4v) is 2.06. The molecular formula is C13H12N4O. The summed E-state index contributed by atoms with van der Waals surface area (Å²) < 4.78 is 5.60. The van der Waals surface area contributed by atoms with Crippen LogP contribution in [0.15, 0.2) is 35.0 Å². The van der Waals surface area contributed by atoms with Crippen LogP contribution in [0.5, 0.6) is 0 Å². The van der Waals surface area contributed by atoms with Gasteiger partial charge in [0.05, 0.1) is 5.39 Å². The van der Waals surface area contributed by atoms with Crippen LogP contribution in [0, 0.1) is 6.92 Å². The van der Waals surface area contributed by atoms with E-state index in [1.54, 1.807) is 0 Å². The number of hydrogen-bond donors (Lipinski definition) is 2. The summed E-state index contributed by atoms with van der Waals surface area (Å²) in [5.41, 5.74) is 14.7. The number of hydrogen-bond acceptors (Lipinski definition) is 5. The molecule has 0 bridgehead atoms. The standard InChI is InChI=1S/C13H12N4O/c1-7-10(8-2-4-9(14)5-3-8)11-12(15)16-6-17-13(11)18-7/h2-6H,14H2,1H3,(H2,15,16,17). The molecule has 4 N–H and O–H groups in total. The predicted molar refractivity (Wildman–Crippen MR) is 70.8 cm³/mol. The molecule has 18 heavy (non-hydrogen) atoms. The first-order chi connectivity index (χ1) is 8.66. The van der Waals surface area contributed by atoms with Gasteiger partial charge in [0.15, 0.2) is 0 Å². The highest BCUT2D eigenvalue weighted by Gasteiger charge is 2.16. The smallest absolute Gasteiger partial charge is 0.232 e. The minimum absolute atomic E-state index is 0.420. The van der Waals surface area contributed by atoms with Crippen molar-refractivity contribution in [1.82, 2.24) is 9.97 Å². The molecule has 0 fully saturated rings. The van der Waals surface area contributed by atoms with E-state index in [4.69, 9.17) is 15.9 Å². The SMILES string of the molecule is Cc1oc2ncnc(N)c2c1-c1ccc(N)cc1. The molecule has 0 spiro atoms. The summed E-state index contributed by atoms with van der Waals surface area (Å²) in [7, 11) is 0. The maximum atomic E-state index is 5.90. The molecule has 0 saturated heterocycles. The molecular weight excluding hydrogens is 228 g/mol. The third-order valence-corrected chi connectivity index (χ3v) is 2.89. The average Bonchev–Trinajstić information content (AvgIpc) is 2.68. The van der Waals surface area contributed by atoms with Crippen molar-refractivity contribution in [2.24, 2.45) is 0 Å². The van der Waals surface area contributed by atoms with E-state index in [1.165, 1.54) is 6.33 Å². The Hall–Kier alpha value is -2.56. The lowest BCUT2D eigenvalue weighted by Crippen LogP contribution is -1.92. The number of fused-ring (bicyclic) bond motifs is 1. The quantitative estimate of drug-likeness (QED) is 0.637. The number of anilines is 2. The number of nitrogens with two attached hydrogens (primary N) is 2. The van der Waals surface area contributed by atoms with E-state index in [2.05, 4.69) is 9.97 Å². The largest absolute Gasteiger partial charge is 0.442 e. The lowest BCUT2D eigenvalue weighted by atomic mass is 10.0. The van der Waals surface area contributed by atoms with Crippen LogP contribution in [-0.2, 0) is 0 Å². The van der Waals surface area contributed by atoms with Crippen molar-refractivity contribution in [2.75, 3.05) is 11.5 Å². The summed E-state index contributed by atoms with van der Waals surface area (Å²) in [5, 5.41) is 0.750. The lowest BCUT2D eigenvalue weighted by Gasteiger charge is -2.02. The topological polar surface area (TPSA) is 91.0 Å². The van der Waals surface area contributed by atoms with Crippen LogP contribution in [0.2, 0.25) is 0 Å². The normalized spacial score (nSPS) is 10.9. The molecule has 90 valence electrons. The number of aryl methyl sites for hydroxylation is 1. The van der Waals surface area contributed by atoms with Crippen molar-refractivity contribution < 1.29 is 4.42 Å². The van der Waals surface area contributed by atoms with Crippen LogP contribution >= 0.6 is 0 Å². The van der Waals surface area contributed by atoms with Crippen molar-refractivity contribution in [2.45, 2.75) is 6.92 Å².